The minimum Gasteiger partial charge on any atom is -0.389 e. The smallest absolute Gasteiger partial charge is 0.259 e. The molecule has 0 saturated carbocycles. The van der Waals surface area contributed by atoms with Crippen molar-refractivity contribution in [3.8, 4) is 0 Å². The summed E-state index contributed by atoms with van der Waals surface area (Å²) in [6.07, 6.45) is -0.724. The number of β-amino-alcohol motifs (C(OH)–C–C–N with tert-alkyl or cyclic N) is 1. The van der Waals surface area contributed by atoms with Gasteiger partial charge in [-0.2, -0.15) is 0 Å². The molecule has 5 heteroatoms. The van der Waals surface area contributed by atoms with E-state index in [9.17, 15) is 9.90 Å². The average Bonchev–Trinajstić information content (AvgIpc) is 3.19. The van der Waals surface area contributed by atoms with Crippen LogP contribution in [0.2, 0.25) is 0 Å². The number of aliphatic hydroxyl groups excluding tert-OH is 1. The zero-order chi connectivity index (χ0) is 16.5. The van der Waals surface area contributed by atoms with Crippen LogP contribution in [0.15, 0.2) is 53.9 Å². The molecule has 1 atom stereocenters. The normalized spacial score (nSPS) is 14.5. The summed E-state index contributed by atoms with van der Waals surface area (Å²) >= 11 is 1.62. The highest BCUT2D eigenvalue weighted by molar-refractivity contribution is 7.09. The molecule has 2 aromatic carbocycles. The molecule has 0 aliphatic carbocycles. The lowest BCUT2D eigenvalue weighted by molar-refractivity contribution is 0.0327. The van der Waals surface area contributed by atoms with E-state index in [1.165, 1.54) is 0 Å². The molecule has 2 heterocycles. The maximum Gasteiger partial charge on any atom is 0.259 e. The Morgan fingerprint density at radius 2 is 1.96 bits per heavy atom. The first-order valence-corrected chi connectivity index (χ1v) is 8.74. The molecule has 122 valence electrons. The molecular formula is C19H17NO3S. The van der Waals surface area contributed by atoms with Crippen LogP contribution < -0.4 is 4.90 Å². The second kappa shape index (κ2) is 6.36. The first-order chi connectivity index (χ1) is 11.7. The number of benzene rings is 2. The van der Waals surface area contributed by atoms with Gasteiger partial charge >= 0.3 is 0 Å². The molecule has 3 aromatic rings. The maximum atomic E-state index is 12.6. The van der Waals surface area contributed by atoms with Gasteiger partial charge in [0.2, 0.25) is 0 Å². The third-order valence-corrected chi connectivity index (χ3v) is 5.03. The van der Waals surface area contributed by atoms with Gasteiger partial charge in [-0.25, -0.2) is 0 Å². The molecule has 24 heavy (non-hydrogen) atoms. The molecule has 0 bridgehead atoms. The first kappa shape index (κ1) is 15.3. The van der Waals surface area contributed by atoms with Crippen LogP contribution in [0.5, 0.6) is 0 Å². The number of amides is 1. The Balaban J connectivity index is 1.45. The van der Waals surface area contributed by atoms with E-state index >= 15 is 0 Å². The monoisotopic (exact) mass is 339 g/mol. The third-order valence-electron chi connectivity index (χ3n) is 4.18. The molecule has 1 aliphatic rings. The lowest BCUT2D eigenvalue weighted by Crippen LogP contribution is -2.37. The van der Waals surface area contributed by atoms with Crippen molar-refractivity contribution in [1.29, 1.82) is 0 Å². The van der Waals surface area contributed by atoms with Crippen LogP contribution >= 0.6 is 11.3 Å². The summed E-state index contributed by atoms with van der Waals surface area (Å²) in [7, 11) is 0. The minimum atomic E-state index is -0.724. The molecule has 0 fully saturated rings. The van der Waals surface area contributed by atoms with Gasteiger partial charge in [-0.05, 0) is 29.0 Å². The Hall–Kier alpha value is -2.21. The largest absolute Gasteiger partial charge is 0.389 e. The van der Waals surface area contributed by atoms with E-state index in [2.05, 4.69) is 0 Å². The number of hydrogen-bond donors (Lipinski definition) is 1. The zero-order valence-corrected chi connectivity index (χ0v) is 13.8. The average molecular weight is 339 g/mol. The van der Waals surface area contributed by atoms with Crippen LogP contribution in [-0.4, -0.2) is 30.3 Å². The van der Waals surface area contributed by atoms with Crippen molar-refractivity contribution in [1.82, 2.24) is 0 Å². The van der Waals surface area contributed by atoms with Gasteiger partial charge in [0.05, 0.1) is 31.5 Å². The van der Waals surface area contributed by atoms with Crippen LogP contribution in [0, 0.1) is 0 Å². The minimum absolute atomic E-state index is 0.0564. The number of aliphatic hydroxyl groups is 1. The van der Waals surface area contributed by atoms with Gasteiger partial charge < -0.3 is 14.7 Å². The summed E-state index contributed by atoms with van der Waals surface area (Å²) in [6.45, 7) is 0.920. The van der Waals surface area contributed by atoms with Crippen molar-refractivity contribution in [2.24, 2.45) is 0 Å². The molecule has 1 unspecified atom stereocenters. The van der Waals surface area contributed by atoms with Crippen LogP contribution in [0.4, 0.5) is 5.69 Å². The van der Waals surface area contributed by atoms with Gasteiger partial charge in [-0.15, -0.1) is 11.3 Å². The SMILES string of the molecule is O=C1c2cccc3cccc(c23)N1CC(O)COCc1cccs1. The zero-order valence-electron chi connectivity index (χ0n) is 13.0. The van der Waals surface area contributed by atoms with E-state index in [1.807, 2.05) is 53.9 Å². The van der Waals surface area contributed by atoms with Crippen molar-refractivity contribution in [2.45, 2.75) is 12.7 Å². The molecule has 0 spiro atoms. The highest BCUT2D eigenvalue weighted by atomic mass is 32.1. The summed E-state index contributed by atoms with van der Waals surface area (Å²) in [5.74, 6) is -0.0564. The first-order valence-electron chi connectivity index (χ1n) is 7.86. The highest BCUT2D eigenvalue weighted by Gasteiger charge is 2.30. The summed E-state index contributed by atoms with van der Waals surface area (Å²) in [5, 5.41) is 14.3. The molecule has 4 rings (SSSR count). The molecule has 1 N–H and O–H groups in total. The fourth-order valence-corrected chi connectivity index (χ4v) is 3.75. The van der Waals surface area contributed by atoms with E-state index in [1.54, 1.807) is 16.2 Å². The van der Waals surface area contributed by atoms with E-state index in [0.717, 1.165) is 21.3 Å². The van der Waals surface area contributed by atoms with E-state index in [0.29, 0.717) is 12.2 Å². The quantitative estimate of drug-likeness (QED) is 0.748. The van der Waals surface area contributed by atoms with Gasteiger partial charge in [-0.3, -0.25) is 4.79 Å². The summed E-state index contributed by atoms with van der Waals surface area (Å²) < 4.78 is 5.56. The van der Waals surface area contributed by atoms with Gasteiger partial charge in [0, 0.05) is 15.8 Å². The fraction of sp³-hybridized carbons (Fsp3) is 0.211. The molecular weight excluding hydrogens is 322 g/mol. The number of carbonyl (C=O) groups excluding carboxylic acids is 1. The Kier molecular flexibility index (Phi) is 4.06. The molecule has 1 aliphatic heterocycles. The lowest BCUT2D eigenvalue weighted by atomic mass is 10.1. The number of thiophene rings is 1. The second-order valence-corrected chi connectivity index (χ2v) is 6.88. The molecule has 0 saturated heterocycles. The standard InChI is InChI=1S/C19H17NO3S/c21-14(11-23-12-15-6-3-9-24-15)10-20-17-8-2-5-13-4-1-7-16(18(13)17)19(20)22/h1-9,14,21H,10-12H2. The number of rotatable bonds is 6. The van der Waals surface area contributed by atoms with Gasteiger partial charge in [0.1, 0.15) is 0 Å². The van der Waals surface area contributed by atoms with Crippen LogP contribution in [0.1, 0.15) is 15.2 Å². The summed E-state index contributed by atoms with van der Waals surface area (Å²) in [6, 6.07) is 15.6. The van der Waals surface area contributed by atoms with E-state index < -0.39 is 6.10 Å². The topological polar surface area (TPSA) is 49.8 Å². The lowest BCUT2D eigenvalue weighted by Gasteiger charge is -2.21. The van der Waals surface area contributed by atoms with E-state index in [4.69, 9.17) is 4.74 Å². The van der Waals surface area contributed by atoms with Gasteiger partial charge in [0.15, 0.2) is 0 Å². The van der Waals surface area contributed by atoms with Crippen LogP contribution in [-0.2, 0) is 11.3 Å². The van der Waals surface area contributed by atoms with Crippen molar-refractivity contribution in [3.63, 3.8) is 0 Å². The molecule has 1 aromatic heterocycles. The van der Waals surface area contributed by atoms with Gasteiger partial charge in [0.25, 0.3) is 5.91 Å². The number of hydrogen-bond acceptors (Lipinski definition) is 4. The molecule has 4 nitrogen and oxygen atoms in total. The van der Waals surface area contributed by atoms with Crippen LogP contribution in [0.25, 0.3) is 10.8 Å². The molecule has 1 amide bonds. The fourth-order valence-electron chi connectivity index (χ4n) is 3.11. The predicted molar refractivity (Wildman–Crippen MR) is 95.6 cm³/mol. The maximum absolute atomic E-state index is 12.6. The highest BCUT2D eigenvalue weighted by Crippen LogP contribution is 2.37. The van der Waals surface area contributed by atoms with Crippen molar-refractivity contribution < 1.29 is 14.6 Å². The number of carbonyl (C=O) groups is 1. The Morgan fingerprint density at radius 3 is 2.75 bits per heavy atom. The second-order valence-electron chi connectivity index (χ2n) is 5.84. The predicted octanol–water partition coefficient (Wildman–Crippen LogP) is 3.44. The molecule has 0 radical (unpaired) electrons. The Bertz CT molecular complexity index is 870. The van der Waals surface area contributed by atoms with Gasteiger partial charge in [-0.1, -0.05) is 30.3 Å². The van der Waals surface area contributed by atoms with Crippen molar-refractivity contribution >= 4 is 33.7 Å². The van der Waals surface area contributed by atoms with E-state index in [-0.39, 0.29) is 19.1 Å². The third kappa shape index (κ3) is 2.71. The number of ether oxygens (including phenoxy) is 1. The summed E-state index contributed by atoms with van der Waals surface area (Å²) in [4.78, 5) is 15.4. The summed E-state index contributed by atoms with van der Waals surface area (Å²) in [5.41, 5.74) is 1.57. The van der Waals surface area contributed by atoms with Crippen LogP contribution in [0.3, 0.4) is 0 Å². The number of anilines is 1. The van der Waals surface area contributed by atoms with Crippen molar-refractivity contribution in [2.75, 3.05) is 18.1 Å². The Labute approximate surface area is 143 Å². The van der Waals surface area contributed by atoms with Crippen molar-refractivity contribution in [3.05, 3.63) is 64.4 Å². The Morgan fingerprint density at radius 1 is 1.12 bits per heavy atom. The number of nitrogens with zero attached hydrogens (tertiary/aromatic N) is 1.